The Hall–Kier alpha value is -1.86. The van der Waals surface area contributed by atoms with Gasteiger partial charge in [0.1, 0.15) is 5.01 Å². The van der Waals surface area contributed by atoms with Crippen LogP contribution < -0.4 is 0 Å². The summed E-state index contributed by atoms with van der Waals surface area (Å²) in [6, 6.07) is 9.92. The van der Waals surface area contributed by atoms with Gasteiger partial charge in [-0.05, 0) is 25.5 Å². The lowest BCUT2D eigenvalue weighted by Gasteiger charge is -2.21. The quantitative estimate of drug-likeness (QED) is 0.309. The standard InChI is InChI=1S/C20H26N2O3S2/c1-3-5-9-12-22(19(23)15-26-16-10-7-6-8-11-16)13-18-21-17(14-27-18)20(24)25-4-2/h6-8,10-11,14H,3-5,9,12-13,15H2,1-2H3. The van der Waals surface area contributed by atoms with Gasteiger partial charge in [0.2, 0.25) is 5.91 Å². The van der Waals surface area contributed by atoms with Crippen LogP contribution in [0, 0.1) is 0 Å². The number of amides is 1. The van der Waals surface area contributed by atoms with E-state index in [2.05, 4.69) is 11.9 Å². The van der Waals surface area contributed by atoms with E-state index in [0.29, 0.717) is 31.1 Å². The Balaban J connectivity index is 1.98. The molecule has 2 rings (SSSR count). The predicted molar refractivity (Wildman–Crippen MR) is 110 cm³/mol. The maximum Gasteiger partial charge on any atom is 0.357 e. The third-order valence-electron chi connectivity index (χ3n) is 3.85. The number of carbonyl (C=O) groups excluding carboxylic acids is 2. The Bertz CT molecular complexity index is 719. The van der Waals surface area contributed by atoms with Crippen LogP contribution in [-0.4, -0.2) is 40.7 Å². The number of hydrogen-bond acceptors (Lipinski definition) is 6. The molecule has 0 aliphatic carbocycles. The molecule has 1 amide bonds. The molecule has 1 aromatic heterocycles. The highest BCUT2D eigenvalue weighted by Crippen LogP contribution is 2.19. The molecule has 7 heteroatoms. The third kappa shape index (κ3) is 7.34. The average molecular weight is 407 g/mol. The Labute approximate surface area is 169 Å². The Kier molecular flexibility index (Phi) is 9.35. The highest BCUT2D eigenvalue weighted by molar-refractivity contribution is 8.00. The molecule has 0 radical (unpaired) electrons. The van der Waals surface area contributed by atoms with E-state index in [1.165, 1.54) is 11.3 Å². The molecular weight excluding hydrogens is 380 g/mol. The fourth-order valence-electron chi connectivity index (χ4n) is 2.44. The van der Waals surface area contributed by atoms with Gasteiger partial charge in [-0.25, -0.2) is 9.78 Å². The van der Waals surface area contributed by atoms with Crippen molar-refractivity contribution in [2.75, 3.05) is 18.9 Å². The lowest BCUT2D eigenvalue weighted by molar-refractivity contribution is -0.129. The van der Waals surface area contributed by atoms with Gasteiger partial charge < -0.3 is 9.64 Å². The van der Waals surface area contributed by atoms with E-state index in [1.807, 2.05) is 35.2 Å². The first-order valence-electron chi connectivity index (χ1n) is 9.21. The first-order chi connectivity index (χ1) is 13.1. The summed E-state index contributed by atoms with van der Waals surface area (Å²) in [5.41, 5.74) is 0.316. The molecule has 0 spiro atoms. The second-order valence-electron chi connectivity index (χ2n) is 5.97. The smallest absolute Gasteiger partial charge is 0.357 e. The van der Waals surface area contributed by atoms with E-state index in [-0.39, 0.29) is 5.91 Å². The summed E-state index contributed by atoms with van der Waals surface area (Å²) >= 11 is 2.93. The number of nitrogens with zero attached hydrogens (tertiary/aromatic N) is 2. The van der Waals surface area contributed by atoms with E-state index < -0.39 is 5.97 Å². The number of thioether (sulfide) groups is 1. The Morgan fingerprint density at radius 3 is 2.67 bits per heavy atom. The summed E-state index contributed by atoms with van der Waals surface area (Å²) in [7, 11) is 0. The predicted octanol–water partition coefficient (Wildman–Crippen LogP) is 4.63. The molecule has 0 aliphatic rings. The third-order valence-corrected chi connectivity index (χ3v) is 5.68. The van der Waals surface area contributed by atoms with Crippen LogP contribution in [0.3, 0.4) is 0 Å². The Morgan fingerprint density at radius 2 is 1.96 bits per heavy atom. The first-order valence-corrected chi connectivity index (χ1v) is 11.1. The molecule has 0 saturated heterocycles. The molecule has 2 aromatic rings. The summed E-state index contributed by atoms with van der Waals surface area (Å²) in [6.07, 6.45) is 3.15. The highest BCUT2D eigenvalue weighted by atomic mass is 32.2. The van der Waals surface area contributed by atoms with E-state index in [9.17, 15) is 9.59 Å². The van der Waals surface area contributed by atoms with Crippen molar-refractivity contribution in [1.29, 1.82) is 0 Å². The van der Waals surface area contributed by atoms with Crippen molar-refractivity contribution in [3.8, 4) is 0 Å². The zero-order valence-corrected chi connectivity index (χ0v) is 17.5. The van der Waals surface area contributed by atoms with Crippen LogP contribution in [0.4, 0.5) is 0 Å². The summed E-state index contributed by atoms with van der Waals surface area (Å²) in [6.45, 7) is 5.37. The summed E-state index contributed by atoms with van der Waals surface area (Å²) in [5.74, 6) is 0.0722. The second kappa shape index (κ2) is 11.8. The fraction of sp³-hybridized carbons (Fsp3) is 0.450. The van der Waals surface area contributed by atoms with Gasteiger partial charge in [0.25, 0.3) is 0 Å². The summed E-state index contributed by atoms with van der Waals surface area (Å²) < 4.78 is 4.98. The van der Waals surface area contributed by atoms with E-state index >= 15 is 0 Å². The van der Waals surface area contributed by atoms with Crippen molar-refractivity contribution in [3.63, 3.8) is 0 Å². The number of ether oxygens (including phenoxy) is 1. The van der Waals surface area contributed by atoms with Crippen LogP contribution in [0.1, 0.15) is 48.6 Å². The second-order valence-corrected chi connectivity index (χ2v) is 7.96. The minimum absolute atomic E-state index is 0.0906. The van der Waals surface area contributed by atoms with Crippen LogP contribution in [0.15, 0.2) is 40.6 Å². The van der Waals surface area contributed by atoms with Crippen LogP contribution >= 0.6 is 23.1 Å². The lowest BCUT2D eigenvalue weighted by atomic mass is 10.2. The topological polar surface area (TPSA) is 59.5 Å². The van der Waals surface area contributed by atoms with Gasteiger partial charge in [0.05, 0.1) is 18.9 Å². The summed E-state index contributed by atoms with van der Waals surface area (Å²) in [4.78, 5) is 31.8. The molecule has 0 N–H and O–H groups in total. The largest absolute Gasteiger partial charge is 0.461 e. The highest BCUT2D eigenvalue weighted by Gasteiger charge is 2.18. The van der Waals surface area contributed by atoms with E-state index in [1.54, 1.807) is 24.1 Å². The van der Waals surface area contributed by atoms with Gasteiger partial charge in [-0.3, -0.25) is 4.79 Å². The molecular formula is C20H26N2O3S2. The number of thiazole rings is 1. The van der Waals surface area contributed by atoms with Gasteiger partial charge in [-0.2, -0.15) is 0 Å². The van der Waals surface area contributed by atoms with Crippen LogP contribution in [0.2, 0.25) is 0 Å². The number of benzene rings is 1. The van der Waals surface area contributed by atoms with Crippen molar-refractivity contribution in [2.24, 2.45) is 0 Å². The van der Waals surface area contributed by atoms with Crippen molar-refractivity contribution in [2.45, 2.75) is 44.6 Å². The Morgan fingerprint density at radius 1 is 1.19 bits per heavy atom. The number of esters is 1. The van der Waals surface area contributed by atoms with Crippen LogP contribution in [0.5, 0.6) is 0 Å². The van der Waals surface area contributed by atoms with Crippen molar-refractivity contribution < 1.29 is 14.3 Å². The number of unbranched alkanes of at least 4 members (excludes halogenated alkanes) is 2. The van der Waals surface area contributed by atoms with Crippen LogP contribution in [0.25, 0.3) is 0 Å². The van der Waals surface area contributed by atoms with Gasteiger partial charge >= 0.3 is 5.97 Å². The molecule has 0 aliphatic heterocycles. The number of aromatic nitrogens is 1. The monoisotopic (exact) mass is 406 g/mol. The minimum Gasteiger partial charge on any atom is -0.461 e. The average Bonchev–Trinajstić information content (AvgIpc) is 3.15. The van der Waals surface area contributed by atoms with Gasteiger partial charge in [0, 0.05) is 16.8 Å². The van der Waals surface area contributed by atoms with E-state index in [4.69, 9.17) is 4.74 Å². The van der Waals surface area contributed by atoms with Crippen molar-refractivity contribution in [3.05, 3.63) is 46.4 Å². The fourth-order valence-corrected chi connectivity index (χ4v) is 4.04. The molecule has 0 fully saturated rings. The first kappa shape index (κ1) is 21.4. The maximum atomic E-state index is 12.7. The van der Waals surface area contributed by atoms with Crippen LogP contribution in [-0.2, 0) is 16.1 Å². The number of hydrogen-bond donors (Lipinski definition) is 0. The summed E-state index contributed by atoms with van der Waals surface area (Å²) in [5, 5.41) is 2.45. The number of carbonyl (C=O) groups is 2. The number of rotatable bonds is 11. The molecule has 0 atom stereocenters. The SMILES string of the molecule is CCCCCN(Cc1nc(C(=O)OCC)cs1)C(=O)CSc1ccccc1. The maximum absolute atomic E-state index is 12.7. The molecule has 5 nitrogen and oxygen atoms in total. The molecule has 1 heterocycles. The minimum atomic E-state index is -0.413. The van der Waals surface area contributed by atoms with Gasteiger partial charge in [-0.15, -0.1) is 23.1 Å². The zero-order chi connectivity index (χ0) is 19.5. The van der Waals surface area contributed by atoms with Gasteiger partial charge in [-0.1, -0.05) is 38.0 Å². The van der Waals surface area contributed by atoms with Crippen molar-refractivity contribution in [1.82, 2.24) is 9.88 Å². The molecule has 0 saturated carbocycles. The van der Waals surface area contributed by atoms with E-state index in [0.717, 1.165) is 29.2 Å². The zero-order valence-electron chi connectivity index (χ0n) is 15.8. The molecule has 1 aromatic carbocycles. The molecule has 0 bridgehead atoms. The molecule has 27 heavy (non-hydrogen) atoms. The van der Waals surface area contributed by atoms with Crippen molar-refractivity contribution >= 4 is 35.0 Å². The van der Waals surface area contributed by atoms with Gasteiger partial charge in [0.15, 0.2) is 5.69 Å². The normalized spacial score (nSPS) is 10.6. The lowest BCUT2D eigenvalue weighted by Crippen LogP contribution is -2.33. The molecule has 0 unspecified atom stereocenters. The molecule has 146 valence electrons.